The molecule has 122 valence electrons. The fraction of sp³-hybridized carbons (Fsp3) is 0.235. The summed E-state index contributed by atoms with van der Waals surface area (Å²) in [7, 11) is 3.86. The normalized spacial score (nSPS) is 13.0. The molecule has 2 N–H and O–H groups in total. The van der Waals surface area contributed by atoms with Crippen molar-refractivity contribution in [1.29, 1.82) is 0 Å². The van der Waals surface area contributed by atoms with E-state index in [4.69, 9.17) is 11.6 Å². The second-order valence-electron chi connectivity index (χ2n) is 5.46. The monoisotopic (exact) mass is 399 g/mol. The van der Waals surface area contributed by atoms with E-state index in [1.165, 1.54) is 6.07 Å². The molecule has 0 saturated carbocycles. The number of quaternary nitrogens is 1. The molecule has 0 aliphatic heterocycles. The van der Waals surface area contributed by atoms with Crippen LogP contribution in [0.4, 0.5) is 4.39 Å². The van der Waals surface area contributed by atoms with E-state index in [9.17, 15) is 9.50 Å². The summed E-state index contributed by atoms with van der Waals surface area (Å²) in [6, 6.07) is 9.57. The summed E-state index contributed by atoms with van der Waals surface area (Å²) in [5.74, 6) is -0.182. The standard InChI is InChI=1S/C17H17BrClFN2O/c1-22(2)15(17-13(19)4-3-5-14(17)20)10-21-9-11-8-12(18)6-7-16(11)23/h3-9,15,23H,10H2,1-2H3/p+1/t15-/m1/s1. The Morgan fingerprint density at radius 3 is 2.74 bits per heavy atom. The smallest absolute Gasteiger partial charge is 0.137 e. The molecule has 0 bridgehead atoms. The summed E-state index contributed by atoms with van der Waals surface area (Å²) in [6.45, 7) is 0.356. The highest BCUT2D eigenvalue weighted by molar-refractivity contribution is 9.10. The Morgan fingerprint density at radius 1 is 1.35 bits per heavy atom. The van der Waals surface area contributed by atoms with Crippen LogP contribution in [0.1, 0.15) is 17.2 Å². The third kappa shape index (κ3) is 4.53. The average Bonchev–Trinajstić information content (AvgIpc) is 2.48. The molecule has 0 heterocycles. The summed E-state index contributed by atoms with van der Waals surface area (Å²) in [6.07, 6.45) is 1.59. The number of likely N-dealkylation sites (N-methyl/N-ethyl adjacent to an activating group) is 1. The number of aliphatic imine (C=N–C) groups is 1. The van der Waals surface area contributed by atoms with Gasteiger partial charge in [0.05, 0.1) is 31.2 Å². The minimum absolute atomic E-state index is 0.148. The Morgan fingerprint density at radius 2 is 2.09 bits per heavy atom. The molecule has 1 atom stereocenters. The number of nitrogens with zero attached hydrogens (tertiary/aromatic N) is 1. The Labute approximate surface area is 148 Å². The second kappa shape index (κ2) is 7.90. The van der Waals surface area contributed by atoms with E-state index in [1.807, 2.05) is 14.1 Å². The van der Waals surface area contributed by atoms with Crippen molar-refractivity contribution in [3.8, 4) is 5.75 Å². The molecule has 0 fully saturated rings. The second-order valence-corrected chi connectivity index (χ2v) is 6.79. The quantitative estimate of drug-likeness (QED) is 0.743. The molecule has 0 aromatic heterocycles. The number of halogens is 3. The molecular formula is C17H18BrClFN2O+. The minimum Gasteiger partial charge on any atom is -0.507 e. The fourth-order valence-corrected chi connectivity index (χ4v) is 2.96. The van der Waals surface area contributed by atoms with Gasteiger partial charge < -0.3 is 10.0 Å². The lowest BCUT2D eigenvalue weighted by molar-refractivity contribution is -0.890. The van der Waals surface area contributed by atoms with Crippen LogP contribution < -0.4 is 4.90 Å². The largest absolute Gasteiger partial charge is 0.507 e. The van der Waals surface area contributed by atoms with Crippen molar-refractivity contribution in [3.63, 3.8) is 0 Å². The zero-order chi connectivity index (χ0) is 17.0. The van der Waals surface area contributed by atoms with Gasteiger partial charge in [-0.1, -0.05) is 33.6 Å². The number of phenols is 1. The van der Waals surface area contributed by atoms with Crippen LogP contribution in [0.3, 0.4) is 0 Å². The van der Waals surface area contributed by atoms with Gasteiger partial charge in [-0.15, -0.1) is 0 Å². The maximum Gasteiger partial charge on any atom is 0.137 e. The summed E-state index contributed by atoms with van der Waals surface area (Å²) >= 11 is 9.51. The predicted octanol–water partition coefficient (Wildman–Crippen LogP) is 3.25. The van der Waals surface area contributed by atoms with E-state index in [0.29, 0.717) is 22.7 Å². The Hall–Kier alpha value is -1.43. The number of benzene rings is 2. The number of phenolic OH excluding ortho intramolecular Hbond substituents is 1. The summed E-state index contributed by atoms with van der Waals surface area (Å²) in [5, 5.41) is 10.2. The van der Waals surface area contributed by atoms with Gasteiger partial charge in [-0.05, 0) is 30.3 Å². The van der Waals surface area contributed by atoms with E-state index in [1.54, 1.807) is 36.5 Å². The fourth-order valence-electron chi connectivity index (χ4n) is 2.29. The van der Waals surface area contributed by atoms with Crippen LogP contribution in [0.5, 0.6) is 5.75 Å². The molecule has 0 spiro atoms. The van der Waals surface area contributed by atoms with Crippen LogP contribution in [-0.4, -0.2) is 32.0 Å². The van der Waals surface area contributed by atoms with Crippen LogP contribution in [0.2, 0.25) is 5.02 Å². The van der Waals surface area contributed by atoms with Crippen molar-refractivity contribution >= 4 is 33.7 Å². The summed E-state index contributed by atoms with van der Waals surface area (Å²) < 4.78 is 15.0. The first-order valence-corrected chi connectivity index (χ1v) is 8.29. The van der Waals surface area contributed by atoms with Crippen molar-refractivity contribution < 1.29 is 14.4 Å². The van der Waals surface area contributed by atoms with E-state index < -0.39 is 0 Å². The zero-order valence-corrected chi connectivity index (χ0v) is 15.2. The van der Waals surface area contributed by atoms with Gasteiger partial charge in [-0.2, -0.15) is 0 Å². The highest BCUT2D eigenvalue weighted by Gasteiger charge is 2.23. The van der Waals surface area contributed by atoms with Gasteiger partial charge in [0.15, 0.2) is 0 Å². The van der Waals surface area contributed by atoms with Crippen molar-refractivity contribution in [1.82, 2.24) is 0 Å². The van der Waals surface area contributed by atoms with Gasteiger partial charge >= 0.3 is 0 Å². The summed E-state index contributed by atoms with van der Waals surface area (Å²) in [5.41, 5.74) is 1.07. The van der Waals surface area contributed by atoms with Gasteiger partial charge in [-0.3, -0.25) is 4.99 Å². The molecule has 0 unspecified atom stereocenters. The van der Waals surface area contributed by atoms with Crippen molar-refractivity contribution in [2.45, 2.75) is 6.04 Å². The molecule has 0 aliphatic carbocycles. The van der Waals surface area contributed by atoms with Crippen molar-refractivity contribution in [3.05, 3.63) is 62.8 Å². The van der Waals surface area contributed by atoms with Crippen LogP contribution in [-0.2, 0) is 0 Å². The van der Waals surface area contributed by atoms with Crippen LogP contribution >= 0.6 is 27.5 Å². The Bertz CT molecular complexity index is 701. The molecule has 23 heavy (non-hydrogen) atoms. The molecule has 2 aromatic rings. The van der Waals surface area contributed by atoms with Crippen LogP contribution in [0.15, 0.2) is 45.9 Å². The third-order valence-electron chi connectivity index (χ3n) is 3.55. The molecule has 0 amide bonds. The molecular weight excluding hydrogens is 383 g/mol. The lowest BCUT2D eigenvalue weighted by Crippen LogP contribution is -3.06. The van der Waals surface area contributed by atoms with E-state index in [2.05, 4.69) is 20.9 Å². The molecule has 0 radical (unpaired) electrons. The molecule has 3 nitrogen and oxygen atoms in total. The number of rotatable bonds is 5. The van der Waals surface area contributed by atoms with Gasteiger partial charge in [0.25, 0.3) is 0 Å². The van der Waals surface area contributed by atoms with Gasteiger partial charge in [-0.25, -0.2) is 4.39 Å². The lowest BCUT2D eigenvalue weighted by Gasteiger charge is -2.21. The minimum atomic E-state index is -0.329. The first-order chi connectivity index (χ1) is 10.9. The lowest BCUT2D eigenvalue weighted by atomic mass is 10.1. The molecule has 2 rings (SSSR count). The Kier molecular flexibility index (Phi) is 6.16. The van der Waals surface area contributed by atoms with Gasteiger partial charge in [0.2, 0.25) is 0 Å². The molecule has 0 saturated heterocycles. The average molecular weight is 401 g/mol. The highest BCUT2D eigenvalue weighted by atomic mass is 79.9. The highest BCUT2D eigenvalue weighted by Crippen LogP contribution is 2.25. The maximum atomic E-state index is 14.1. The van der Waals surface area contributed by atoms with Gasteiger partial charge in [0, 0.05) is 16.3 Å². The predicted molar refractivity (Wildman–Crippen MR) is 95.2 cm³/mol. The third-order valence-corrected chi connectivity index (χ3v) is 4.38. The van der Waals surface area contributed by atoms with Gasteiger partial charge in [0.1, 0.15) is 17.6 Å². The topological polar surface area (TPSA) is 37.0 Å². The van der Waals surface area contributed by atoms with Crippen molar-refractivity contribution in [2.24, 2.45) is 4.99 Å². The van der Waals surface area contributed by atoms with E-state index in [-0.39, 0.29) is 17.6 Å². The summed E-state index contributed by atoms with van der Waals surface area (Å²) in [4.78, 5) is 5.39. The van der Waals surface area contributed by atoms with Crippen LogP contribution in [0.25, 0.3) is 0 Å². The van der Waals surface area contributed by atoms with E-state index in [0.717, 1.165) is 9.37 Å². The molecule has 0 aliphatic rings. The number of nitrogens with one attached hydrogen (secondary N) is 1. The first-order valence-electron chi connectivity index (χ1n) is 7.12. The van der Waals surface area contributed by atoms with E-state index >= 15 is 0 Å². The zero-order valence-electron chi connectivity index (χ0n) is 12.9. The number of hydrogen-bond acceptors (Lipinski definition) is 2. The number of hydrogen-bond donors (Lipinski definition) is 2. The molecule has 2 aromatic carbocycles. The Balaban J connectivity index is 2.24. The SMILES string of the molecule is C[NH+](C)[C@H](CN=Cc1cc(Br)ccc1O)c1c(F)cccc1Cl. The van der Waals surface area contributed by atoms with Crippen LogP contribution in [0, 0.1) is 5.82 Å². The molecule has 6 heteroatoms. The number of aromatic hydroxyl groups is 1. The first kappa shape index (κ1) is 17.9. The van der Waals surface area contributed by atoms with Crippen molar-refractivity contribution in [2.75, 3.05) is 20.6 Å². The maximum absolute atomic E-state index is 14.1.